The third-order valence-corrected chi connectivity index (χ3v) is 26.3. The van der Waals surface area contributed by atoms with Gasteiger partial charge in [-0.15, -0.1) is 82.9 Å². The number of benzene rings is 7. The fourth-order valence-electron chi connectivity index (χ4n) is 16.0. The molecule has 17 aromatic rings. The van der Waals surface area contributed by atoms with Crippen molar-refractivity contribution in [3.63, 3.8) is 0 Å². The van der Waals surface area contributed by atoms with Gasteiger partial charge < -0.3 is 32.9 Å². The predicted octanol–water partition coefficient (Wildman–Crippen LogP) is 26.6. The summed E-state index contributed by atoms with van der Waals surface area (Å²) in [6, 6.07) is 62.1. The number of halogens is 2. The molecule has 18 heteroatoms. The van der Waals surface area contributed by atoms with E-state index in [0.717, 1.165) is 135 Å². The number of hydrogen-bond donors (Lipinski definition) is 0. The molecule has 0 aliphatic rings. The Hall–Kier alpha value is -10.4. The number of fused-ring (bicyclic) bond motifs is 8. The second kappa shape index (κ2) is 37.2. The van der Waals surface area contributed by atoms with Gasteiger partial charge in [0.25, 0.3) is 0 Å². The molecule has 0 atom stereocenters. The van der Waals surface area contributed by atoms with Gasteiger partial charge in [-0.1, -0.05) is 229 Å². The van der Waals surface area contributed by atoms with Crippen LogP contribution in [0.25, 0.3) is 128 Å². The van der Waals surface area contributed by atoms with Crippen molar-refractivity contribution in [3.05, 3.63) is 291 Å². The summed E-state index contributed by atoms with van der Waals surface area (Å²) in [6.45, 7) is 43.9. The molecule has 12 nitrogen and oxygen atoms in total. The molecule has 0 saturated carbocycles. The Morgan fingerprint density at radius 1 is 0.537 bits per heavy atom. The minimum Gasteiger partial charge on any atom is -0.483 e. The number of pyridine rings is 6. The van der Waals surface area contributed by atoms with Crippen LogP contribution in [-0.4, -0.2) is 65.2 Å². The van der Waals surface area contributed by atoms with Crippen LogP contribution in [0, 0.1) is 90.3 Å². The number of rotatable bonds is 15. The van der Waals surface area contributed by atoms with Gasteiger partial charge in [-0.25, -0.2) is 4.98 Å². The second-order valence-electron chi connectivity index (χ2n) is 36.4. The van der Waals surface area contributed by atoms with E-state index < -0.39 is 35.7 Å². The van der Waals surface area contributed by atoms with Gasteiger partial charge in [-0.3, -0.25) is 28.7 Å². The van der Waals surface area contributed by atoms with Gasteiger partial charge in [0.1, 0.15) is 11.3 Å². The Labute approximate surface area is 761 Å². The smallest absolute Gasteiger partial charge is 0.216 e. The minimum absolute atomic E-state index is 0. The number of furan rings is 2. The first-order valence-corrected chi connectivity index (χ1v) is 48.7. The monoisotopic (exact) mass is 2030 g/mol. The van der Waals surface area contributed by atoms with Crippen molar-refractivity contribution < 1.29 is 66.1 Å². The molecule has 123 heavy (non-hydrogen) atoms. The third kappa shape index (κ3) is 19.9. The van der Waals surface area contributed by atoms with E-state index in [1.165, 1.54) is 56.8 Å². The summed E-state index contributed by atoms with van der Waals surface area (Å²) in [4.78, 5) is 37.9. The summed E-state index contributed by atoms with van der Waals surface area (Å²) in [7, 11) is -3.38. The fourth-order valence-corrected chi connectivity index (χ4v) is 19.0. The van der Waals surface area contributed by atoms with Crippen molar-refractivity contribution in [2.75, 3.05) is 0 Å². The van der Waals surface area contributed by atoms with Crippen LogP contribution in [-0.2, 0) is 58.6 Å². The Morgan fingerprint density at radius 3 is 1.89 bits per heavy atom. The zero-order chi connectivity index (χ0) is 91.6. The normalized spacial score (nSPS) is 12.8. The van der Waals surface area contributed by atoms with Crippen molar-refractivity contribution in [1.29, 1.82) is 0 Å². The van der Waals surface area contributed by atoms with Crippen molar-refractivity contribution in [1.82, 2.24) is 49.0 Å². The average molecular weight is 2030 g/mol. The fraction of sp³-hybridized carbons (Fsp3) is 0.295. The summed E-state index contributed by atoms with van der Waals surface area (Å²) in [5, 5.41) is 6.18. The summed E-state index contributed by atoms with van der Waals surface area (Å²) in [5.74, 6) is 2.38. The van der Waals surface area contributed by atoms with E-state index in [1.807, 2.05) is 46.2 Å². The van der Waals surface area contributed by atoms with E-state index in [2.05, 4.69) is 302 Å². The van der Waals surface area contributed by atoms with Gasteiger partial charge in [0.2, 0.25) is 5.71 Å². The maximum absolute atomic E-state index is 13.6. The molecule has 0 saturated heterocycles. The van der Waals surface area contributed by atoms with Crippen molar-refractivity contribution >= 4 is 92.7 Å². The Balaban J connectivity index is 0.000000161. The second-order valence-corrected chi connectivity index (χ2v) is 46.4. The van der Waals surface area contributed by atoms with Crippen LogP contribution in [0.2, 0.25) is 39.3 Å². The molecule has 2 radical (unpaired) electrons. The quantitative estimate of drug-likeness (QED) is 0.0720. The van der Waals surface area contributed by atoms with Crippen LogP contribution in [0.4, 0.5) is 8.78 Å². The maximum Gasteiger partial charge on any atom is 0.216 e. The van der Waals surface area contributed by atoms with Gasteiger partial charge in [0.15, 0.2) is 0 Å². The molecular formula is C105H110F2Ir2N10O2Si2-4. The van der Waals surface area contributed by atoms with Crippen LogP contribution in [0.5, 0.6) is 0 Å². The average Bonchev–Trinajstić information content (AvgIpc) is 1.60. The van der Waals surface area contributed by atoms with Crippen molar-refractivity contribution in [2.24, 2.45) is 5.92 Å². The van der Waals surface area contributed by atoms with Gasteiger partial charge in [0.05, 0.1) is 67.3 Å². The molecule has 10 heterocycles. The number of imidazole rings is 2. The summed E-state index contributed by atoms with van der Waals surface area (Å²) in [6.07, 6.45) is 9.66. The topological polar surface area (TPSA) is 139 Å². The molecule has 0 aliphatic heterocycles. The van der Waals surface area contributed by atoms with Crippen molar-refractivity contribution in [2.45, 2.75) is 200 Å². The van der Waals surface area contributed by atoms with Gasteiger partial charge in [-0.05, 0) is 186 Å². The molecule has 0 amide bonds. The van der Waals surface area contributed by atoms with Crippen LogP contribution >= 0.6 is 0 Å². The van der Waals surface area contributed by atoms with Crippen LogP contribution < -0.4 is 10.4 Å². The number of nitrogens with zero attached hydrogens (tertiary/aromatic N) is 10. The summed E-state index contributed by atoms with van der Waals surface area (Å²) >= 11 is 0. The molecule has 0 N–H and O–H groups in total. The zero-order valence-corrected chi connectivity index (χ0v) is 81.0. The summed E-state index contributed by atoms with van der Waals surface area (Å²) in [5.41, 5.74) is 26.7. The molecular weight excluding hydrogens is 1910 g/mol. The molecule has 636 valence electrons. The molecule has 17 rings (SSSR count). The number of aromatic nitrogens is 10. The molecule has 0 unspecified atom stereocenters. The van der Waals surface area contributed by atoms with E-state index >= 15 is 0 Å². The standard InChI is InChI=1S/C38H35N4O.C33H33N4O.C19H25FNSi.C15H17FNSi.2Ir/c1-22(2)26-13-15-29-31-18-27(21-39-37(31)43-34(29)19-26)36-41-35-24(4)40-23(3)17-33(35)42(36)32-16-14-28(38(5,6)7)20-30(32)25-11-9-8-10-12-25;1-18(2)24-9-8-10-25(19(3)4)27(24)17-37-29-16-34-21(6)14-28(29)36-32(37)23-11-12-26-30(15-23)38-33-31(26)20(5)13-22(7)35-33;1-13(2)9-15-11-18(21-12-19(15)22(4,5)6)17-8-7-16(20)10-14(17)3;1-11-9-14(12-5-7-13(16)8-6-12)17-10-15(11)18(2,3)4;;/h8-20,22H,1-7H3;8-14,16,18-19H,17H2,1-7H3;7,10-13H,9H2,1-6H3;5,7-10H,1-4H3;;/q4*-1;;/i;;3D3;1D3;;. The van der Waals surface area contributed by atoms with Crippen LogP contribution in [0.3, 0.4) is 0 Å². The summed E-state index contributed by atoms with van der Waals surface area (Å²) < 4.78 is 89.8. The van der Waals surface area contributed by atoms with Gasteiger partial charge in [0, 0.05) is 118 Å². The van der Waals surface area contributed by atoms with Crippen LogP contribution in [0.15, 0.2) is 191 Å². The first kappa shape index (κ1) is 83.5. The Kier molecular flexibility index (Phi) is 25.2. The Morgan fingerprint density at radius 2 is 1.22 bits per heavy atom. The zero-order valence-electron chi connectivity index (χ0n) is 80.3. The van der Waals surface area contributed by atoms with E-state index in [9.17, 15) is 8.78 Å². The SMILES string of the molecule is Cc1cc2c(nc(-c3[c-]nc4oc5cc(C(C)C)ccc5c4c3)n2-c2ccc(C(C)(C)C)cc2-c2ccccc2)c(C)n1.Cc1cc2nc(-c3[c-]c4oc5nc(C)cc(C)c5c4cc3)n(Cc3c(C(C)C)cccc3C(C)C)c2cn1.[2H]C([2H])([2H])c1cc(-c2[c-]cc(F)cc2)ncc1[Si](C)(C)C.[2H]C([2H])([2H])c1cc(F)c[c-]c1-c1cc(CC(C)C)c([Si](C)(C)C)cn1.[Ir].[Ir]. The number of aryl methyl sites for hydroxylation is 7. The first-order chi connectivity index (χ1) is 59.8. The number of hydrogen-bond acceptors (Lipinski definition) is 10. The van der Waals surface area contributed by atoms with Gasteiger partial charge >= 0.3 is 0 Å². The third-order valence-electron chi connectivity index (χ3n) is 22.2. The first-order valence-electron chi connectivity index (χ1n) is 44.7. The Bertz CT molecular complexity index is 6970. The largest absolute Gasteiger partial charge is 0.483 e. The molecule has 7 aromatic carbocycles. The predicted molar refractivity (Wildman–Crippen MR) is 502 cm³/mol. The molecule has 0 spiro atoms. The maximum atomic E-state index is 13.6. The van der Waals surface area contributed by atoms with Gasteiger partial charge in [-0.2, -0.15) is 0 Å². The molecule has 0 bridgehead atoms. The van der Waals surface area contributed by atoms with E-state index in [4.69, 9.17) is 32.0 Å². The van der Waals surface area contributed by atoms with E-state index in [-0.39, 0.29) is 57.0 Å². The molecule has 0 aliphatic carbocycles. The van der Waals surface area contributed by atoms with Crippen LogP contribution in [0.1, 0.15) is 175 Å². The van der Waals surface area contributed by atoms with E-state index in [1.54, 1.807) is 18.3 Å². The van der Waals surface area contributed by atoms with E-state index in [0.29, 0.717) is 75.3 Å². The molecule has 10 aromatic heterocycles. The minimum atomic E-state index is -2.41. The van der Waals surface area contributed by atoms with Crippen molar-refractivity contribution in [3.8, 4) is 62.1 Å². The molecule has 0 fully saturated rings.